The summed E-state index contributed by atoms with van der Waals surface area (Å²) >= 11 is 22.7. The molecule has 1 aliphatic heterocycles. The van der Waals surface area contributed by atoms with Gasteiger partial charge in [-0.1, -0.05) is 46.4 Å². The van der Waals surface area contributed by atoms with Crippen LogP contribution in [-0.2, 0) is 14.2 Å². The van der Waals surface area contributed by atoms with E-state index in [0.717, 1.165) is 0 Å². The maximum atomic E-state index is 13.4. The monoisotopic (exact) mass is 512 g/mol. The van der Waals surface area contributed by atoms with E-state index in [-0.39, 0.29) is 34.2 Å². The molecule has 0 aliphatic carbocycles. The van der Waals surface area contributed by atoms with E-state index in [0.29, 0.717) is 10.0 Å². The minimum atomic E-state index is -1.22. The number of hydrogen-bond acceptors (Lipinski definition) is 5. The lowest BCUT2D eigenvalue weighted by molar-refractivity contribution is -0.141. The Labute approximate surface area is 197 Å². The van der Waals surface area contributed by atoms with E-state index in [9.17, 15) is 14.0 Å². The normalized spacial score (nSPS) is 20.0. The number of benzene rings is 2. The second kappa shape index (κ2) is 11.9. The van der Waals surface area contributed by atoms with Crippen molar-refractivity contribution in [2.45, 2.75) is 25.0 Å². The molecule has 1 heterocycles. The average Bonchev–Trinajstić information content (AvgIpc) is 3.06. The number of rotatable bonds is 5. The second-order valence-electron chi connectivity index (χ2n) is 6.27. The Bertz CT molecular complexity index is 942. The minimum absolute atomic E-state index is 0.0575. The van der Waals surface area contributed by atoms with Gasteiger partial charge in [0.1, 0.15) is 6.61 Å². The first kappa shape index (κ1) is 25.6. The number of carboxylic acid groups (broad SMARTS) is 1. The Kier molecular flexibility index (Phi) is 9.81. The molecule has 6 nitrogen and oxygen atoms in total. The van der Waals surface area contributed by atoms with Crippen LogP contribution in [0.15, 0.2) is 36.4 Å². The molecular formula is C20H17Cl4FO6. The molecule has 11 heteroatoms. The Morgan fingerprint density at radius 3 is 2.06 bits per heavy atom. The Balaban J connectivity index is 0.000000262. The summed E-state index contributed by atoms with van der Waals surface area (Å²) in [4.78, 5) is 22.2. The number of ether oxygens (including phenoxy) is 3. The first-order valence-electron chi connectivity index (χ1n) is 8.75. The van der Waals surface area contributed by atoms with E-state index in [4.69, 9.17) is 65.7 Å². The predicted molar refractivity (Wildman–Crippen MR) is 115 cm³/mol. The second-order valence-corrected chi connectivity index (χ2v) is 7.95. The smallest absolute Gasteiger partial charge is 0.339 e. The van der Waals surface area contributed by atoms with Gasteiger partial charge in [-0.2, -0.15) is 0 Å². The van der Waals surface area contributed by atoms with E-state index < -0.39 is 30.5 Å². The van der Waals surface area contributed by atoms with Crippen LogP contribution in [0.25, 0.3) is 0 Å². The van der Waals surface area contributed by atoms with Crippen molar-refractivity contribution in [1.29, 1.82) is 0 Å². The summed E-state index contributed by atoms with van der Waals surface area (Å²) in [5, 5.41) is 9.74. The molecule has 0 aromatic heterocycles. The van der Waals surface area contributed by atoms with E-state index >= 15 is 0 Å². The first-order valence-corrected chi connectivity index (χ1v) is 10.3. The maximum Gasteiger partial charge on any atom is 0.339 e. The summed E-state index contributed by atoms with van der Waals surface area (Å²) in [7, 11) is 1.36. The molecule has 1 aliphatic rings. The lowest BCUT2D eigenvalue weighted by Gasteiger charge is -2.13. The molecule has 0 saturated carbocycles. The van der Waals surface area contributed by atoms with E-state index in [2.05, 4.69) is 0 Å². The van der Waals surface area contributed by atoms with Crippen molar-refractivity contribution < 1.29 is 33.3 Å². The molecule has 0 spiro atoms. The van der Waals surface area contributed by atoms with Crippen molar-refractivity contribution in [3.05, 3.63) is 67.6 Å². The summed E-state index contributed by atoms with van der Waals surface area (Å²) in [5.41, 5.74) is 0.269. The fraction of sp³-hybridized carbons (Fsp3) is 0.300. The van der Waals surface area contributed by atoms with Gasteiger partial charge in [0.05, 0.1) is 27.3 Å². The van der Waals surface area contributed by atoms with E-state index in [1.54, 1.807) is 0 Å². The topological polar surface area (TPSA) is 82.1 Å². The maximum absolute atomic E-state index is 13.4. The molecule has 0 amide bonds. The van der Waals surface area contributed by atoms with Crippen LogP contribution in [0.2, 0.25) is 20.1 Å². The van der Waals surface area contributed by atoms with Crippen LogP contribution < -0.4 is 0 Å². The Morgan fingerprint density at radius 2 is 1.61 bits per heavy atom. The molecule has 3 atom stereocenters. The van der Waals surface area contributed by atoms with Gasteiger partial charge in [0, 0.05) is 23.6 Å². The molecule has 31 heavy (non-hydrogen) atoms. The third kappa shape index (κ3) is 7.49. The lowest BCUT2D eigenvalue weighted by atomic mass is 10.2. The zero-order valence-electron chi connectivity index (χ0n) is 16.0. The number of methoxy groups -OCH3 is 1. The standard InChI is InChI=1S/C13H13Cl2FO4.C7H4Cl2O2/c1-18-13-11(16)5-8(20-13)6-19-12(17)9-3-2-7(14)4-10(9)15;8-4-1-2-5(7(10)11)6(9)3-4/h2-4,8,11,13H,5-6H2,1H3;1-3H,(H,10,11). The summed E-state index contributed by atoms with van der Waals surface area (Å²) in [6, 6.07) is 8.70. The van der Waals surface area contributed by atoms with Gasteiger partial charge in [-0.25, -0.2) is 14.0 Å². The number of alkyl halides is 1. The molecule has 2 aromatic carbocycles. The van der Waals surface area contributed by atoms with Gasteiger partial charge in [-0.15, -0.1) is 0 Å². The fourth-order valence-corrected chi connectivity index (χ4v) is 3.54. The van der Waals surface area contributed by atoms with Crippen LogP contribution in [0.4, 0.5) is 4.39 Å². The third-order valence-corrected chi connectivity index (χ3v) is 5.15. The Hall–Kier alpha value is -1.61. The summed E-state index contributed by atoms with van der Waals surface area (Å²) in [6.45, 7) is -0.0575. The Morgan fingerprint density at radius 1 is 1.06 bits per heavy atom. The molecule has 1 fully saturated rings. The number of carboxylic acids is 1. The number of halogens is 5. The highest BCUT2D eigenvalue weighted by atomic mass is 35.5. The predicted octanol–water partition coefficient (Wildman–Crippen LogP) is 5.94. The highest BCUT2D eigenvalue weighted by Crippen LogP contribution is 2.25. The number of aromatic carboxylic acids is 1. The molecule has 3 rings (SSSR count). The highest BCUT2D eigenvalue weighted by Gasteiger charge is 2.36. The van der Waals surface area contributed by atoms with Gasteiger partial charge in [0.25, 0.3) is 0 Å². The molecule has 168 valence electrons. The van der Waals surface area contributed by atoms with Crippen molar-refractivity contribution in [3.63, 3.8) is 0 Å². The summed E-state index contributed by atoms with van der Waals surface area (Å²) < 4.78 is 28.5. The SMILES string of the molecule is COC1OC(COC(=O)c2ccc(Cl)cc2Cl)CC1F.O=C(O)c1ccc(Cl)cc1Cl. The largest absolute Gasteiger partial charge is 0.478 e. The average molecular weight is 514 g/mol. The van der Waals surface area contributed by atoms with Gasteiger partial charge < -0.3 is 19.3 Å². The number of carbonyl (C=O) groups is 2. The molecule has 1 N–H and O–H groups in total. The zero-order chi connectivity index (χ0) is 23.1. The molecule has 3 unspecified atom stereocenters. The molecular weight excluding hydrogens is 497 g/mol. The van der Waals surface area contributed by atoms with Gasteiger partial charge in [0.15, 0.2) is 12.5 Å². The number of hydrogen-bond donors (Lipinski definition) is 1. The summed E-state index contributed by atoms with van der Waals surface area (Å²) in [6.07, 6.45) is -2.52. The third-order valence-electron chi connectivity index (χ3n) is 4.06. The highest BCUT2D eigenvalue weighted by molar-refractivity contribution is 6.37. The lowest BCUT2D eigenvalue weighted by Crippen LogP contribution is -2.21. The van der Waals surface area contributed by atoms with Crippen LogP contribution in [0.5, 0.6) is 0 Å². The van der Waals surface area contributed by atoms with Crippen molar-refractivity contribution in [3.8, 4) is 0 Å². The zero-order valence-corrected chi connectivity index (χ0v) is 19.0. The quantitative estimate of drug-likeness (QED) is 0.498. The van der Waals surface area contributed by atoms with E-state index in [1.165, 1.54) is 43.5 Å². The summed E-state index contributed by atoms with van der Waals surface area (Å²) in [5.74, 6) is -1.65. The van der Waals surface area contributed by atoms with Crippen molar-refractivity contribution in [2.75, 3.05) is 13.7 Å². The molecule has 0 bridgehead atoms. The molecule has 1 saturated heterocycles. The van der Waals surface area contributed by atoms with Gasteiger partial charge in [-0.3, -0.25) is 0 Å². The van der Waals surface area contributed by atoms with Crippen LogP contribution in [0.1, 0.15) is 27.1 Å². The van der Waals surface area contributed by atoms with Crippen LogP contribution in [0, 0.1) is 0 Å². The van der Waals surface area contributed by atoms with Gasteiger partial charge in [-0.05, 0) is 36.4 Å². The van der Waals surface area contributed by atoms with Gasteiger partial charge in [0.2, 0.25) is 0 Å². The van der Waals surface area contributed by atoms with Crippen molar-refractivity contribution in [2.24, 2.45) is 0 Å². The van der Waals surface area contributed by atoms with Crippen molar-refractivity contribution >= 4 is 58.3 Å². The number of carbonyl (C=O) groups excluding carboxylic acids is 1. The molecule has 0 radical (unpaired) electrons. The van der Waals surface area contributed by atoms with Crippen LogP contribution in [0.3, 0.4) is 0 Å². The van der Waals surface area contributed by atoms with Crippen LogP contribution in [-0.4, -0.2) is 49.3 Å². The first-order chi connectivity index (χ1) is 14.6. The van der Waals surface area contributed by atoms with E-state index in [1.807, 2.05) is 0 Å². The van der Waals surface area contributed by atoms with Gasteiger partial charge >= 0.3 is 11.9 Å². The van der Waals surface area contributed by atoms with Crippen LogP contribution >= 0.6 is 46.4 Å². The van der Waals surface area contributed by atoms with Crippen molar-refractivity contribution in [1.82, 2.24) is 0 Å². The minimum Gasteiger partial charge on any atom is -0.478 e. The fourth-order valence-electron chi connectivity index (χ4n) is 2.57. The molecule has 2 aromatic rings. The number of esters is 1.